The minimum Gasteiger partial charge on any atom is -0.505 e. The Kier molecular flexibility index (Phi) is 2.56. The number of rotatable bonds is 2. The maximum absolute atomic E-state index is 11.6. The van der Waals surface area contributed by atoms with Gasteiger partial charge in [-0.3, -0.25) is 4.79 Å². The van der Waals surface area contributed by atoms with Gasteiger partial charge in [-0.25, -0.2) is 4.98 Å². The Balaban J connectivity index is 1.95. The summed E-state index contributed by atoms with van der Waals surface area (Å²) in [6.45, 7) is 0. The van der Waals surface area contributed by atoms with Crippen LogP contribution in [0.3, 0.4) is 0 Å². The van der Waals surface area contributed by atoms with Crippen molar-refractivity contribution in [3.8, 4) is 5.75 Å². The lowest BCUT2D eigenvalue weighted by Crippen LogP contribution is -2.12. The topological polar surface area (TPSA) is 62.2 Å². The van der Waals surface area contributed by atoms with Crippen LogP contribution in [0.25, 0.3) is 10.2 Å². The molecule has 88 valence electrons. The predicted octanol–water partition coefficient (Wildman–Crippen LogP) is 3.11. The van der Waals surface area contributed by atoms with Crippen LogP contribution in [-0.4, -0.2) is 16.0 Å². The van der Waals surface area contributed by atoms with Crippen molar-refractivity contribution in [3.05, 3.63) is 16.6 Å². The summed E-state index contributed by atoms with van der Waals surface area (Å²) in [5.41, 5.74) is 0.696. The quantitative estimate of drug-likeness (QED) is 0.895. The molecule has 0 unspecified atom stereocenters. The zero-order chi connectivity index (χ0) is 12.0. The fraction of sp³-hybridized carbons (Fsp3) is 0.273. The summed E-state index contributed by atoms with van der Waals surface area (Å²) in [5.74, 6) is 0.358. The van der Waals surface area contributed by atoms with Crippen molar-refractivity contribution >= 4 is 48.5 Å². The lowest BCUT2D eigenvalue weighted by Gasteiger charge is -1.96. The Morgan fingerprint density at radius 3 is 3.00 bits per heavy atom. The summed E-state index contributed by atoms with van der Waals surface area (Å²) >= 11 is 4.54. The number of phenols is 1. The summed E-state index contributed by atoms with van der Waals surface area (Å²) in [6.07, 6.45) is 1.93. The van der Waals surface area contributed by atoms with Crippen molar-refractivity contribution in [2.75, 3.05) is 5.32 Å². The van der Waals surface area contributed by atoms with E-state index in [1.165, 1.54) is 11.3 Å². The van der Waals surface area contributed by atoms with Gasteiger partial charge in [-0.15, -0.1) is 0 Å². The first-order valence-corrected chi connectivity index (χ1v) is 6.85. The largest absolute Gasteiger partial charge is 0.505 e. The van der Waals surface area contributed by atoms with Gasteiger partial charge in [0.25, 0.3) is 0 Å². The molecule has 0 spiro atoms. The number of aromatic hydroxyl groups is 1. The lowest BCUT2D eigenvalue weighted by atomic mass is 10.3. The first-order chi connectivity index (χ1) is 8.15. The summed E-state index contributed by atoms with van der Waals surface area (Å²) in [4.78, 5) is 15.9. The fourth-order valence-corrected chi connectivity index (χ4v) is 2.94. The van der Waals surface area contributed by atoms with Gasteiger partial charge in [0.2, 0.25) is 5.91 Å². The van der Waals surface area contributed by atoms with E-state index in [4.69, 9.17) is 0 Å². The van der Waals surface area contributed by atoms with Gasteiger partial charge in [0, 0.05) is 5.92 Å². The number of benzene rings is 1. The number of halogens is 1. The Morgan fingerprint density at radius 2 is 2.29 bits per heavy atom. The van der Waals surface area contributed by atoms with Crippen molar-refractivity contribution < 1.29 is 9.90 Å². The zero-order valence-corrected chi connectivity index (χ0v) is 11.1. The molecule has 2 N–H and O–H groups in total. The van der Waals surface area contributed by atoms with Gasteiger partial charge in [-0.05, 0) is 40.9 Å². The normalized spacial score (nSPS) is 15.1. The number of aromatic nitrogens is 1. The number of thiazole rings is 1. The first kappa shape index (κ1) is 11.0. The average molecular weight is 313 g/mol. The summed E-state index contributed by atoms with van der Waals surface area (Å²) in [7, 11) is 0. The van der Waals surface area contributed by atoms with E-state index in [0.29, 0.717) is 19.8 Å². The smallest absolute Gasteiger partial charge is 0.229 e. The summed E-state index contributed by atoms with van der Waals surface area (Å²) in [6, 6.07) is 3.55. The second-order valence-electron chi connectivity index (χ2n) is 4.03. The molecule has 0 bridgehead atoms. The minimum atomic E-state index is 0.0302. The second kappa shape index (κ2) is 3.96. The Morgan fingerprint density at radius 1 is 1.53 bits per heavy atom. The molecule has 1 heterocycles. The molecule has 0 radical (unpaired) electrons. The second-order valence-corrected chi connectivity index (χ2v) is 5.88. The molecule has 17 heavy (non-hydrogen) atoms. The van der Waals surface area contributed by atoms with E-state index in [2.05, 4.69) is 26.2 Å². The van der Waals surface area contributed by atoms with E-state index in [1.807, 2.05) is 6.07 Å². The number of nitrogens with zero attached hydrogens (tertiary/aromatic N) is 1. The van der Waals surface area contributed by atoms with E-state index in [-0.39, 0.29) is 17.6 Å². The molecule has 1 aliphatic carbocycles. The highest BCUT2D eigenvalue weighted by atomic mass is 79.9. The number of amides is 1. The van der Waals surface area contributed by atoms with Crippen molar-refractivity contribution in [2.24, 2.45) is 5.92 Å². The molecule has 1 aliphatic rings. The molecule has 2 aromatic rings. The molecule has 0 atom stereocenters. The molecule has 1 aromatic heterocycles. The zero-order valence-electron chi connectivity index (χ0n) is 8.74. The molecular weight excluding hydrogens is 304 g/mol. The predicted molar refractivity (Wildman–Crippen MR) is 70.3 cm³/mol. The molecule has 1 amide bonds. The molecule has 4 nitrogen and oxygen atoms in total. The average Bonchev–Trinajstić information content (AvgIpc) is 3.06. The number of nitrogens with one attached hydrogen (secondary N) is 1. The molecule has 6 heteroatoms. The van der Waals surface area contributed by atoms with Crippen LogP contribution in [0.4, 0.5) is 5.13 Å². The van der Waals surface area contributed by atoms with Gasteiger partial charge in [0.1, 0.15) is 5.75 Å². The monoisotopic (exact) mass is 312 g/mol. The lowest BCUT2D eigenvalue weighted by molar-refractivity contribution is -0.117. The maximum atomic E-state index is 11.6. The molecule has 3 rings (SSSR count). The Bertz CT molecular complexity index is 607. The van der Waals surface area contributed by atoms with Crippen LogP contribution in [0, 0.1) is 5.92 Å². The van der Waals surface area contributed by atoms with Crippen LogP contribution >= 0.6 is 27.3 Å². The highest BCUT2D eigenvalue weighted by molar-refractivity contribution is 9.10. The summed E-state index contributed by atoms with van der Waals surface area (Å²) < 4.78 is 1.32. The number of phenolic OH excluding ortho intramolecular Hbond substituents is 1. The van der Waals surface area contributed by atoms with E-state index in [9.17, 15) is 9.90 Å². The third-order valence-corrected chi connectivity index (χ3v) is 4.29. The number of hydrogen-bond donors (Lipinski definition) is 2. The van der Waals surface area contributed by atoms with E-state index in [0.717, 1.165) is 12.8 Å². The molecule has 0 aliphatic heterocycles. The molecule has 1 saturated carbocycles. The first-order valence-electron chi connectivity index (χ1n) is 5.24. The summed E-state index contributed by atoms with van der Waals surface area (Å²) in [5, 5.41) is 13.2. The SMILES string of the molecule is O=C(Nc1nc2ccc(Br)c(O)c2s1)C1CC1. The standard InChI is InChI=1S/C11H9BrN2O2S/c12-6-3-4-7-9(8(6)15)17-11(13-7)14-10(16)5-1-2-5/h3-5,15H,1-2H2,(H,13,14,16). The number of carbonyl (C=O) groups excluding carboxylic acids is 1. The van der Waals surface area contributed by atoms with E-state index < -0.39 is 0 Å². The van der Waals surface area contributed by atoms with Crippen molar-refractivity contribution in [3.63, 3.8) is 0 Å². The van der Waals surface area contributed by atoms with E-state index in [1.54, 1.807) is 6.07 Å². The van der Waals surface area contributed by atoms with Gasteiger partial charge in [-0.2, -0.15) is 0 Å². The molecule has 0 saturated heterocycles. The number of anilines is 1. The van der Waals surface area contributed by atoms with Crippen LogP contribution in [0.1, 0.15) is 12.8 Å². The third-order valence-electron chi connectivity index (χ3n) is 2.66. The van der Waals surface area contributed by atoms with Gasteiger partial charge in [0.15, 0.2) is 5.13 Å². The van der Waals surface area contributed by atoms with Crippen molar-refractivity contribution in [1.82, 2.24) is 4.98 Å². The van der Waals surface area contributed by atoms with Crippen LogP contribution in [-0.2, 0) is 4.79 Å². The molecule has 1 aromatic carbocycles. The fourth-order valence-electron chi connectivity index (χ4n) is 1.56. The van der Waals surface area contributed by atoms with Crippen LogP contribution in [0.2, 0.25) is 0 Å². The van der Waals surface area contributed by atoms with Gasteiger partial charge in [-0.1, -0.05) is 11.3 Å². The van der Waals surface area contributed by atoms with Crippen LogP contribution in [0.15, 0.2) is 16.6 Å². The van der Waals surface area contributed by atoms with Crippen molar-refractivity contribution in [1.29, 1.82) is 0 Å². The van der Waals surface area contributed by atoms with Gasteiger partial charge in [0.05, 0.1) is 14.7 Å². The van der Waals surface area contributed by atoms with Gasteiger partial charge >= 0.3 is 0 Å². The van der Waals surface area contributed by atoms with Crippen LogP contribution in [0.5, 0.6) is 5.75 Å². The number of hydrogen-bond acceptors (Lipinski definition) is 4. The molecular formula is C11H9BrN2O2S. The van der Waals surface area contributed by atoms with Gasteiger partial charge < -0.3 is 10.4 Å². The number of carbonyl (C=O) groups is 1. The molecule has 1 fully saturated rings. The highest BCUT2D eigenvalue weighted by Crippen LogP contribution is 2.38. The minimum absolute atomic E-state index is 0.0302. The van der Waals surface area contributed by atoms with E-state index >= 15 is 0 Å². The highest BCUT2D eigenvalue weighted by Gasteiger charge is 2.30. The maximum Gasteiger partial charge on any atom is 0.229 e. The Hall–Kier alpha value is -1.14. The Labute approximate surface area is 110 Å². The number of fused-ring (bicyclic) bond motifs is 1. The van der Waals surface area contributed by atoms with Crippen molar-refractivity contribution in [2.45, 2.75) is 12.8 Å². The third kappa shape index (κ3) is 2.02. The van der Waals surface area contributed by atoms with Crippen LogP contribution < -0.4 is 5.32 Å².